The lowest BCUT2D eigenvalue weighted by molar-refractivity contribution is 0.462. The first-order valence-electron chi connectivity index (χ1n) is 6.92. The van der Waals surface area contributed by atoms with Crippen molar-refractivity contribution in [3.8, 4) is 0 Å². The molecule has 1 N–H and O–H groups in total. The summed E-state index contributed by atoms with van der Waals surface area (Å²) < 4.78 is 28.6. The fourth-order valence-corrected chi connectivity index (χ4v) is 2.97. The Kier molecular flexibility index (Phi) is 5.88. The van der Waals surface area contributed by atoms with E-state index >= 15 is 0 Å². The van der Waals surface area contributed by atoms with Gasteiger partial charge in [-0.05, 0) is 62.2 Å². The Morgan fingerprint density at radius 1 is 1.05 bits per heavy atom. The van der Waals surface area contributed by atoms with Crippen LogP contribution >= 0.6 is 15.9 Å². The van der Waals surface area contributed by atoms with Crippen LogP contribution in [0.5, 0.6) is 0 Å². The van der Waals surface area contributed by atoms with Crippen LogP contribution in [0, 0.1) is 17.6 Å². The van der Waals surface area contributed by atoms with Crippen molar-refractivity contribution in [3.63, 3.8) is 0 Å². The Morgan fingerprint density at radius 2 is 1.71 bits per heavy atom. The molecule has 0 amide bonds. The molecule has 0 aliphatic rings. The number of nitrogens with one attached hydrogen (secondary N) is 1. The van der Waals surface area contributed by atoms with E-state index in [-0.39, 0.29) is 11.5 Å². The molecule has 0 aromatic heterocycles. The third kappa shape index (κ3) is 4.61. The molecule has 1 nitrogen and oxygen atoms in total. The molecule has 0 saturated heterocycles. The minimum atomic E-state index is -0.467. The van der Waals surface area contributed by atoms with E-state index < -0.39 is 11.6 Å². The Morgan fingerprint density at radius 3 is 2.33 bits per heavy atom. The second-order valence-electron chi connectivity index (χ2n) is 5.16. The number of halogens is 3. The molecule has 0 radical (unpaired) electrons. The second kappa shape index (κ2) is 7.66. The van der Waals surface area contributed by atoms with Crippen molar-refractivity contribution in [3.05, 3.63) is 69.7 Å². The van der Waals surface area contributed by atoms with Crippen LogP contribution in [-0.2, 0) is 12.8 Å². The summed E-state index contributed by atoms with van der Waals surface area (Å²) in [7, 11) is 1.85. The zero-order valence-electron chi connectivity index (χ0n) is 11.9. The van der Waals surface area contributed by atoms with Crippen LogP contribution in [0.4, 0.5) is 8.78 Å². The Bertz CT molecular complexity index is 581. The van der Waals surface area contributed by atoms with E-state index in [9.17, 15) is 8.78 Å². The fraction of sp³-hybridized carbons (Fsp3) is 0.294. The lowest BCUT2D eigenvalue weighted by Gasteiger charge is -2.18. The first-order chi connectivity index (χ1) is 10.1. The van der Waals surface area contributed by atoms with Crippen molar-refractivity contribution >= 4 is 15.9 Å². The number of benzene rings is 2. The van der Waals surface area contributed by atoms with Gasteiger partial charge in [0.05, 0.1) is 0 Å². The molecule has 1 atom stereocenters. The predicted molar refractivity (Wildman–Crippen MR) is 85.3 cm³/mol. The van der Waals surface area contributed by atoms with Gasteiger partial charge in [0.25, 0.3) is 0 Å². The molecular formula is C17H18BrF2N. The van der Waals surface area contributed by atoms with Crippen molar-refractivity contribution in [2.24, 2.45) is 5.92 Å². The highest BCUT2D eigenvalue weighted by atomic mass is 79.9. The van der Waals surface area contributed by atoms with E-state index in [2.05, 4.69) is 21.2 Å². The SMILES string of the molecule is CNCC(Cc1cccc(Br)c1)Cc1c(F)cccc1F. The van der Waals surface area contributed by atoms with E-state index in [1.807, 2.05) is 31.3 Å². The smallest absolute Gasteiger partial charge is 0.129 e. The van der Waals surface area contributed by atoms with Gasteiger partial charge in [0.1, 0.15) is 11.6 Å². The summed E-state index contributed by atoms with van der Waals surface area (Å²) >= 11 is 3.45. The van der Waals surface area contributed by atoms with Crippen molar-refractivity contribution < 1.29 is 8.78 Å². The summed E-state index contributed by atoms with van der Waals surface area (Å²) in [6.45, 7) is 0.709. The summed E-state index contributed by atoms with van der Waals surface area (Å²) in [4.78, 5) is 0. The van der Waals surface area contributed by atoms with E-state index in [0.717, 1.165) is 16.5 Å². The van der Waals surface area contributed by atoms with E-state index in [1.165, 1.54) is 18.2 Å². The third-order valence-corrected chi connectivity index (χ3v) is 3.95. The molecule has 0 bridgehead atoms. The second-order valence-corrected chi connectivity index (χ2v) is 6.08. The Balaban J connectivity index is 2.16. The van der Waals surface area contributed by atoms with Crippen molar-refractivity contribution in [1.82, 2.24) is 5.32 Å². The van der Waals surface area contributed by atoms with Crippen molar-refractivity contribution in [2.45, 2.75) is 12.8 Å². The molecule has 0 aliphatic heterocycles. The molecule has 21 heavy (non-hydrogen) atoms. The van der Waals surface area contributed by atoms with Crippen LogP contribution in [-0.4, -0.2) is 13.6 Å². The highest BCUT2D eigenvalue weighted by molar-refractivity contribution is 9.10. The molecule has 2 rings (SSSR count). The predicted octanol–water partition coefficient (Wildman–Crippen LogP) is 4.35. The molecule has 2 aromatic carbocycles. The van der Waals surface area contributed by atoms with Crippen LogP contribution in [0.25, 0.3) is 0 Å². The quantitative estimate of drug-likeness (QED) is 0.813. The van der Waals surface area contributed by atoms with Crippen LogP contribution in [0.2, 0.25) is 0 Å². The zero-order chi connectivity index (χ0) is 15.2. The van der Waals surface area contributed by atoms with Gasteiger partial charge in [-0.2, -0.15) is 0 Å². The number of rotatable bonds is 6. The lowest BCUT2D eigenvalue weighted by Crippen LogP contribution is -2.23. The van der Waals surface area contributed by atoms with E-state index in [1.54, 1.807) is 0 Å². The van der Waals surface area contributed by atoms with Gasteiger partial charge in [0, 0.05) is 10.0 Å². The van der Waals surface area contributed by atoms with Gasteiger partial charge in [-0.1, -0.05) is 34.1 Å². The molecule has 0 saturated carbocycles. The molecule has 4 heteroatoms. The van der Waals surface area contributed by atoms with Crippen molar-refractivity contribution in [1.29, 1.82) is 0 Å². The molecule has 0 aliphatic carbocycles. The monoisotopic (exact) mass is 353 g/mol. The maximum absolute atomic E-state index is 13.8. The summed E-state index contributed by atoms with van der Waals surface area (Å²) in [5, 5.41) is 3.11. The standard InChI is InChI=1S/C17H18BrF2N/c1-21-11-13(8-12-4-2-5-14(18)9-12)10-15-16(19)6-3-7-17(15)20/h2-7,9,13,21H,8,10-11H2,1H3. The average molecular weight is 354 g/mol. The maximum atomic E-state index is 13.8. The Hall–Kier alpha value is -1.26. The van der Waals surface area contributed by atoms with Crippen LogP contribution < -0.4 is 5.32 Å². The molecule has 2 aromatic rings. The van der Waals surface area contributed by atoms with Gasteiger partial charge >= 0.3 is 0 Å². The molecule has 112 valence electrons. The van der Waals surface area contributed by atoms with Crippen LogP contribution in [0.15, 0.2) is 46.9 Å². The normalized spacial score (nSPS) is 12.4. The zero-order valence-corrected chi connectivity index (χ0v) is 13.5. The van der Waals surface area contributed by atoms with Gasteiger partial charge in [0.2, 0.25) is 0 Å². The lowest BCUT2D eigenvalue weighted by atomic mass is 9.92. The molecule has 1 unspecified atom stereocenters. The largest absolute Gasteiger partial charge is 0.319 e. The molecule has 0 spiro atoms. The highest BCUT2D eigenvalue weighted by Gasteiger charge is 2.16. The third-order valence-electron chi connectivity index (χ3n) is 3.46. The van der Waals surface area contributed by atoms with E-state index in [0.29, 0.717) is 13.0 Å². The van der Waals surface area contributed by atoms with Crippen LogP contribution in [0.3, 0.4) is 0 Å². The van der Waals surface area contributed by atoms with Gasteiger partial charge in [-0.25, -0.2) is 8.78 Å². The van der Waals surface area contributed by atoms with Gasteiger partial charge in [0.15, 0.2) is 0 Å². The van der Waals surface area contributed by atoms with Crippen LogP contribution in [0.1, 0.15) is 11.1 Å². The highest BCUT2D eigenvalue weighted by Crippen LogP contribution is 2.21. The fourth-order valence-electron chi connectivity index (χ4n) is 2.52. The minimum Gasteiger partial charge on any atom is -0.319 e. The minimum absolute atomic E-state index is 0.135. The Labute approximate surface area is 132 Å². The topological polar surface area (TPSA) is 12.0 Å². The summed E-state index contributed by atoms with van der Waals surface area (Å²) in [6, 6.07) is 12.0. The molecule has 0 heterocycles. The van der Waals surface area contributed by atoms with E-state index in [4.69, 9.17) is 0 Å². The first kappa shape index (κ1) is 16.1. The van der Waals surface area contributed by atoms with Crippen molar-refractivity contribution in [2.75, 3.05) is 13.6 Å². The first-order valence-corrected chi connectivity index (χ1v) is 7.71. The molecular weight excluding hydrogens is 336 g/mol. The molecule has 0 fully saturated rings. The van der Waals surface area contributed by atoms with Gasteiger partial charge in [-0.15, -0.1) is 0 Å². The van der Waals surface area contributed by atoms with Gasteiger partial charge in [-0.3, -0.25) is 0 Å². The summed E-state index contributed by atoms with van der Waals surface area (Å²) in [6.07, 6.45) is 1.15. The average Bonchev–Trinajstić information content (AvgIpc) is 2.43. The number of hydrogen-bond donors (Lipinski definition) is 1. The summed E-state index contributed by atoms with van der Waals surface area (Å²) in [5.41, 5.74) is 1.33. The maximum Gasteiger partial charge on any atom is 0.129 e. The van der Waals surface area contributed by atoms with Gasteiger partial charge < -0.3 is 5.32 Å². The number of hydrogen-bond acceptors (Lipinski definition) is 1. The summed E-state index contributed by atoms with van der Waals surface area (Å²) in [5.74, 6) is -0.800.